The molecule has 1 heterocycles. The molecule has 3 aromatic rings. The molecule has 4 nitrogen and oxygen atoms in total. The van der Waals surface area contributed by atoms with Gasteiger partial charge in [0.15, 0.2) is 4.34 Å². The zero-order chi connectivity index (χ0) is 18.4. The van der Waals surface area contributed by atoms with Crippen molar-refractivity contribution >= 4 is 29.0 Å². The van der Waals surface area contributed by atoms with Crippen LogP contribution in [0.25, 0.3) is 11.3 Å². The molecule has 0 saturated heterocycles. The molecule has 134 valence electrons. The molecule has 1 aromatic heterocycles. The topological polar surface area (TPSA) is 42.4 Å². The largest absolute Gasteiger partial charge is 0.496 e. The van der Waals surface area contributed by atoms with E-state index in [1.54, 1.807) is 23.3 Å². The second-order valence-corrected chi connectivity index (χ2v) is 7.80. The molecule has 0 radical (unpaired) electrons. The van der Waals surface area contributed by atoms with Gasteiger partial charge in [-0.15, -0.1) is 11.3 Å². The number of benzene rings is 2. The van der Waals surface area contributed by atoms with Gasteiger partial charge in [-0.25, -0.2) is 4.98 Å². The first kappa shape index (κ1) is 18.5. The van der Waals surface area contributed by atoms with Gasteiger partial charge < -0.3 is 9.64 Å². The maximum atomic E-state index is 12.4. The summed E-state index contributed by atoms with van der Waals surface area (Å²) in [7, 11) is 3.45. The molecule has 0 unspecified atom stereocenters. The van der Waals surface area contributed by atoms with Crippen LogP contribution in [0.1, 0.15) is 5.56 Å². The molecule has 6 heteroatoms. The molecule has 1 amide bonds. The molecule has 0 aliphatic rings. The van der Waals surface area contributed by atoms with E-state index in [1.807, 2.05) is 67.0 Å². The third kappa shape index (κ3) is 4.65. The van der Waals surface area contributed by atoms with E-state index in [0.717, 1.165) is 26.9 Å². The average Bonchev–Trinajstić information content (AvgIpc) is 3.16. The summed E-state index contributed by atoms with van der Waals surface area (Å²) in [4.78, 5) is 18.8. The van der Waals surface area contributed by atoms with Crippen LogP contribution in [0.15, 0.2) is 64.3 Å². The van der Waals surface area contributed by atoms with Gasteiger partial charge in [-0.2, -0.15) is 0 Å². The number of thioether (sulfide) groups is 1. The van der Waals surface area contributed by atoms with Crippen molar-refractivity contribution in [3.05, 3.63) is 65.5 Å². The third-order valence-corrected chi connectivity index (χ3v) is 5.90. The lowest BCUT2D eigenvalue weighted by molar-refractivity contribution is -0.127. The predicted molar refractivity (Wildman–Crippen MR) is 108 cm³/mol. The molecular formula is C20H20N2O2S2. The number of hydrogen-bond acceptors (Lipinski definition) is 5. The van der Waals surface area contributed by atoms with Crippen molar-refractivity contribution in [2.45, 2.75) is 10.9 Å². The lowest BCUT2D eigenvalue weighted by Crippen LogP contribution is -2.27. The van der Waals surface area contributed by atoms with Gasteiger partial charge in [0.25, 0.3) is 0 Å². The maximum Gasteiger partial charge on any atom is 0.233 e. The van der Waals surface area contributed by atoms with Gasteiger partial charge in [0.05, 0.1) is 18.6 Å². The summed E-state index contributed by atoms with van der Waals surface area (Å²) in [5.74, 6) is 1.23. The van der Waals surface area contributed by atoms with E-state index < -0.39 is 0 Å². The first-order valence-corrected chi connectivity index (χ1v) is 10.0. The quantitative estimate of drug-likeness (QED) is 0.560. The van der Waals surface area contributed by atoms with Gasteiger partial charge in [-0.05, 0) is 6.07 Å². The normalized spacial score (nSPS) is 10.5. The van der Waals surface area contributed by atoms with Crippen LogP contribution in [0.4, 0.5) is 0 Å². The average molecular weight is 385 g/mol. The Morgan fingerprint density at radius 1 is 1.15 bits per heavy atom. The summed E-state index contributed by atoms with van der Waals surface area (Å²) < 4.78 is 6.25. The monoisotopic (exact) mass is 384 g/mol. The number of aromatic nitrogens is 1. The Bertz CT molecular complexity index is 865. The fraction of sp³-hybridized carbons (Fsp3) is 0.200. The minimum atomic E-state index is 0.0670. The third-order valence-electron chi connectivity index (χ3n) is 3.90. The van der Waals surface area contributed by atoms with Crippen LogP contribution in [0.2, 0.25) is 0 Å². The van der Waals surface area contributed by atoms with E-state index in [4.69, 9.17) is 4.74 Å². The summed E-state index contributed by atoms with van der Waals surface area (Å²) >= 11 is 3.05. The van der Waals surface area contributed by atoms with Gasteiger partial charge in [0, 0.05) is 30.1 Å². The molecule has 0 aliphatic carbocycles. The molecular weight excluding hydrogens is 364 g/mol. The lowest BCUT2D eigenvalue weighted by atomic mass is 10.2. The van der Waals surface area contributed by atoms with Gasteiger partial charge in [0.1, 0.15) is 5.75 Å². The molecule has 0 spiro atoms. The number of thiazole rings is 1. The zero-order valence-electron chi connectivity index (χ0n) is 14.7. The molecule has 2 aromatic carbocycles. The molecule has 0 N–H and O–H groups in total. The van der Waals surface area contributed by atoms with Gasteiger partial charge in [0.2, 0.25) is 5.91 Å². The van der Waals surface area contributed by atoms with Gasteiger partial charge in [-0.1, -0.05) is 60.3 Å². The first-order chi connectivity index (χ1) is 12.7. The second-order valence-electron chi connectivity index (χ2n) is 5.72. The van der Waals surface area contributed by atoms with E-state index in [9.17, 15) is 4.79 Å². The molecule has 0 bridgehead atoms. The summed E-state index contributed by atoms with van der Waals surface area (Å²) in [6, 6.07) is 17.8. The minimum absolute atomic E-state index is 0.0670. The highest BCUT2D eigenvalue weighted by atomic mass is 32.2. The van der Waals surface area contributed by atoms with Crippen molar-refractivity contribution in [1.29, 1.82) is 0 Å². The SMILES string of the molecule is COc1ccccc1CN(C)C(=O)CSc1nc(-c2ccccc2)cs1. The number of ether oxygens (including phenoxy) is 1. The molecule has 0 saturated carbocycles. The molecule has 3 rings (SSSR count). The Kier molecular flexibility index (Phi) is 6.30. The van der Waals surface area contributed by atoms with E-state index in [2.05, 4.69) is 4.98 Å². The molecule has 26 heavy (non-hydrogen) atoms. The summed E-state index contributed by atoms with van der Waals surface area (Å²) in [5.41, 5.74) is 3.04. The van der Waals surface area contributed by atoms with Crippen molar-refractivity contribution in [2.75, 3.05) is 19.9 Å². The van der Waals surface area contributed by atoms with Crippen LogP contribution >= 0.6 is 23.1 Å². The van der Waals surface area contributed by atoms with Crippen molar-refractivity contribution in [1.82, 2.24) is 9.88 Å². The van der Waals surface area contributed by atoms with Gasteiger partial charge in [-0.3, -0.25) is 4.79 Å². The number of rotatable bonds is 7. The van der Waals surface area contributed by atoms with E-state index in [0.29, 0.717) is 12.3 Å². The molecule has 0 fully saturated rings. The van der Waals surface area contributed by atoms with Crippen molar-refractivity contribution in [3.8, 4) is 17.0 Å². The Morgan fingerprint density at radius 3 is 2.65 bits per heavy atom. The highest BCUT2D eigenvalue weighted by Crippen LogP contribution is 2.28. The fourth-order valence-electron chi connectivity index (χ4n) is 2.48. The molecule has 0 atom stereocenters. The Labute approximate surface area is 161 Å². The van der Waals surface area contributed by atoms with Gasteiger partial charge >= 0.3 is 0 Å². The van der Waals surface area contributed by atoms with Crippen molar-refractivity contribution in [3.63, 3.8) is 0 Å². The predicted octanol–water partition coefficient (Wildman–Crippen LogP) is 4.57. The van der Waals surface area contributed by atoms with Crippen LogP contribution in [0, 0.1) is 0 Å². The van der Waals surface area contributed by atoms with E-state index in [-0.39, 0.29) is 5.91 Å². The van der Waals surface area contributed by atoms with Crippen LogP contribution < -0.4 is 4.74 Å². The van der Waals surface area contributed by atoms with Crippen LogP contribution in [0.5, 0.6) is 5.75 Å². The van der Waals surface area contributed by atoms with Crippen LogP contribution in [-0.2, 0) is 11.3 Å². The smallest absolute Gasteiger partial charge is 0.233 e. The number of amides is 1. The number of carbonyl (C=O) groups excluding carboxylic acids is 1. The first-order valence-electron chi connectivity index (χ1n) is 8.17. The van der Waals surface area contributed by atoms with Crippen LogP contribution in [-0.4, -0.2) is 35.7 Å². The zero-order valence-corrected chi connectivity index (χ0v) is 16.3. The maximum absolute atomic E-state index is 12.4. The number of methoxy groups -OCH3 is 1. The second kappa shape index (κ2) is 8.87. The Hall–Kier alpha value is -2.31. The summed E-state index contributed by atoms with van der Waals surface area (Å²) in [6.07, 6.45) is 0. The van der Waals surface area contributed by atoms with Crippen LogP contribution in [0.3, 0.4) is 0 Å². The number of para-hydroxylation sites is 1. The Morgan fingerprint density at radius 2 is 1.88 bits per heavy atom. The standard InChI is InChI=1S/C20H20N2O2S2/c1-22(12-16-10-6-7-11-18(16)24-2)19(23)14-26-20-21-17(13-25-20)15-8-4-3-5-9-15/h3-11,13H,12,14H2,1-2H3. The van der Waals surface area contributed by atoms with E-state index in [1.165, 1.54) is 11.8 Å². The fourth-order valence-corrected chi connectivity index (χ4v) is 4.25. The van der Waals surface area contributed by atoms with E-state index >= 15 is 0 Å². The summed E-state index contributed by atoms with van der Waals surface area (Å²) in [6.45, 7) is 0.524. The highest BCUT2D eigenvalue weighted by molar-refractivity contribution is 8.01. The number of carbonyl (C=O) groups is 1. The highest BCUT2D eigenvalue weighted by Gasteiger charge is 2.13. The Balaban J connectivity index is 1.56. The van der Waals surface area contributed by atoms with Crippen molar-refractivity contribution < 1.29 is 9.53 Å². The number of nitrogens with zero attached hydrogens (tertiary/aromatic N) is 2. The minimum Gasteiger partial charge on any atom is -0.496 e. The summed E-state index contributed by atoms with van der Waals surface area (Å²) in [5, 5.41) is 2.03. The lowest BCUT2D eigenvalue weighted by Gasteiger charge is -2.18. The molecule has 0 aliphatic heterocycles. The van der Waals surface area contributed by atoms with Crippen molar-refractivity contribution in [2.24, 2.45) is 0 Å². The number of hydrogen-bond donors (Lipinski definition) is 0.